The summed E-state index contributed by atoms with van der Waals surface area (Å²) in [5.74, 6) is 0.180. The van der Waals surface area contributed by atoms with Gasteiger partial charge in [-0.25, -0.2) is 4.98 Å². The quantitative estimate of drug-likeness (QED) is 0.657. The summed E-state index contributed by atoms with van der Waals surface area (Å²) < 4.78 is 0. The summed E-state index contributed by atoms with van der Waals surface area (Å²) >= 11 is 1.45. The number of aromatic nitrogens is 3. The number of pyridine rings is 2. The lowest BCUT2D eigenvalue weighted by Crippen LogP contribution is -2.30. The van der Waals surface area contributed by atoms with Crippen molar-refractivity contribution in [1.82, 2.24) is 20.3 Å². The molecule has 0 atom stereocenters. The number of carbonyl (C=O) groups excluding carboxylic acids is 1. The molecule has 0 radical (unpaired) electrons. The molecule has 1 amide bonds. The topological polar surface area (TPSA) is 87.7 Å². The number of thiazole rings is 1. The highest BCUT2D eigenvalue weighted by Crippen LogP contribution is 2.28. The van der Waals surface area contributed by atoms with E-state index in [1.807, 2.05) is 45.2 Å². The molecule has 0 aliphatic rings. The Bertz CT molecular complexity index is 1020. The van der Waals surface area contributed by atoms with Crippen LogP contribution in [0.5, 0.6) is 0 Å². The second kappa shape index (κ2) is 8.48. The van der Waals surface area contributed by atoms with Crippen molar-refractivity contribution in [3.05, 3.63) is 57.6 Å². The van der Waals surface area contributed by atoms with Crippen LogP contribution in [0.1, 0.15) is 49.7 Å². The zero-order valence-corrected chi connectivity index (χ0v) is 17.3. The van der Waals surface area contributed by atoms with Crippen molar-refractivity contribution in [2.75, 3.05) is 6.54 Å². The second-order valence-corrected chi connectivity index (χ2v) is 8.23. The van der Waals surface area contributed by atoms with Gasteiger partial charge >= 0.3 is 0 Å². The van der Waals surface area contributed by atoms with Crippen molar-refractivity contribution < 1.29 is 4.79 Å². The van der Waals surface area contributed by atoms with E-state index in [0.717, 1.165) is 10.6 Å². The molecule has 3 aromatic rings. The molecule has 0 aliphatic carbocycles. The summed E-state index contributed by atoms with van der Waals surface area (Å²) in [7, 11) is 0. The number of H-pyrrole nitrogens is 1. The van der Waals surface area contributed by atoms with E-state index in [1.54, 1.807) is 18.5 Å². The molecule has 0 spiro atoms. The normalized spacial score (nSPS) is 11.2. The van der Waals surface area contributed by atoms with Gasteiger partial charge in [0.25, 0.3) is 11.5 Å². The summed E-state index contributed by atoms with van der Waals surface area (Å²) in [5, 5.41) is 5.58. The van der Waals surface area contributed by atoms with Crippen LogP contribution >= 0.6 is 11.3 Å². The molecule has 2 N–H and O–H groups in total. The van der Waals surface area contributed by atoms with Crippen molar-refractivity contribution >= 4 is 17.2 Å². The van der Waals surface area contributed by atoms with E-state index in [0.29, 0.717) is 35.0 Å². The average Bonchev–Trinajstić information content (AvgIpc) is 3.16. The van der Waals surface area contributed by atoms with E-state index in [-0.39, 0.29) is 17.4 Å². The molecule has 3 heterocycles. The van der Waals surface area contributed by atoms with Gasteiger partial charge in [0.1, 0.15) is 5.01 Å². The van der Waals surface area contributed by atoms with Crippen LogP contribution in [0, 0.1) is 5.92 Å². The summed E-state index contributed by atoms with van der Waals surface area (Å²) in [6.45, 7) is 8.56. The van der Waals surface area contributed by atoms with Crippen molar-refractivity contribution in [2.24, 2.45) is 5.92 Å². The lowest BCUT2D eigenvalue weighted by Gasteiger charge is -2.14. The molecule has 0 fully saturated rings. The van der Waals surface area contributed by atoms with E-state index in [1.165, 1.54) is 11.3 Å². The smallest absolute Gasteiger partial charge is 0.257 e. The van der Waals surface area contributed by atoms with Gasteiger partial charge < -0.3 is 10.3 Å². The molecule has 0 saturated carbocycles. The maximum Gasteiger partial charge on any atom is 0.257 e. The Kier molecular flexibility index (Phi) is 6.04. The highest BCUT2D eigenvalue weighted by molar-refractivity contribution is 7.13. The van der Waals surface area contributed by atoms with E-state index in [4.69, 9.17) is 0 Å². The Balaban J connectivity index is 2.02. The van der Waals surface area contributed by atoms with Crippen LogP contribution in [0.4, 0.5) is 0 Å². The number of nitrogens with zero attached hydrogens (tertiary/aromatic N) is 2. The molecule has 0 bridgehead atoms. The SMILES string of the molecule is CC(C)CNC(=O)c1cc(-c2csc(-c3ccncc3)n2)c(=O)[nH]c1C(C)C. The average molecular weight is 397 g/mol. The molecule has 6 nitrogen and oxygen atoms in total. The van der Waals surface area contributed by atoms with Gasteiger partial charge in [-0.3, -0.25) is 14.6 Å². The van der Waals surface area contributed by atoms with E-state index in [9.17, 15) is 9.59 Å². The molecule has 7 heteroatoms. The third kappa shape index (κ3) is 4.36. The van der Waals surface area contributed by atoms with Gasteiger partial charge in [0.2, 0.25) is 0 Å². The first-order chi connectivity index (χ1) is 13.4. The second-order valence-electron chi connectivity index (χ2n) is 7.37. The van der Waals surface area contributed by atoms with Crippen molar-refractivity contribution in [1.29, 1.82) is 0 Å². The summed E-state index contributed by atoms with van der Waals surface area (Å²) in [5.41, 5.74) is 2.79. The van der Waals surface area contributed by atoms with Crippen LogP contribution in [0.3, 0.4) is 0 Å². The van der Waals surface area contributed by atoms with Crippen molar-refractivity contribution in [3.63, 3.8) is 0 Å². The number of rotatable bonds is 6. The van der Waals surface area contributed by atoms with Gasteiger partial charge in [0, 0.05) is 35.6 Å². The van der Waals surface area contributed by atoms with Gasteiger partial charge in [-0.1, -0.05) is 27.7 Å². The van der Waals surface area contributed by atoms with Crippen LogP contribution in [-0.2, 0) is 0 Å². The highest BCUT2D eigenvalue weighted by atomic mass is 32.1. The monoisotopic (exact) mass is 396 g/mol. The summed E-state index contributed by atoms with van der Waals surface area (Å²) in [6, 6.07) is 5.41. The lowest BCUT2D eigenvalue weighted by molar-refractivity contribution is 0.0947. The molecule has 0 aliphatic heterocycles. The molecule has 0 aromatic carbocycles. The summed E-state index contributed by atoms with van der Waals surface area (Å²) in [6.07, 6.45) is 3.41. The largest absolute Gasteiger partial charge is 0.352 e. The molecule has 0 unspecified atom stereocenters. The minimum absolute atomic E-state index is 0.0179. The minimum Gasteiger partial charge on any atom is -0.352 e. The van der Waals surface area contributed by atoms with Crippen molar-refractivity contribution in [3.8, 4) is 21.8 Å². The van der Waals surface area contributed by atoms with Gasteiger partial charge in [0.05, 0.1) is 16.8 Å². The van der Waals surface area contributed by atoms with E-state index < -0.39 is 0 Å². The number of carbonyl (C=O) groups is 1. The first-order valence-corrected chi connectivity index (χ1v) is 10.2. The number of amides is 1. The number of hydrogen-bond acceptors (Lipinski definition) is 5. The van der Waals surface area contributed by atoms with Crippen LogP contribution in [0.2, 0.25) is 0 Å². The van der Waals surface area contributed by atoms with Crippen molar-refractivity contribution in [2.45, 2.75) is 33.6 Å². The molecule has 146 valence electrons. The number of hydrogen-bond donors (Lipinski definition) is 2. The number of nitrogens with one attached hydrogen (secondary N) is 2. The maximum atomic E-state index is 12.7. The predicted molar refractivity (Wildman–Crippen MR) is 113 cm³/mol. The van der Waals surface area contributed by atoms with Gasteiger partial charge in [-0.15, -0.1) is 11.3 Å². The Morgan fingerprint density at radius 2 is 1.93 bits per heavy atom. The van der Waals surface area contributed by atoms with Crippen LogP contribution < -0.4 is 10.9 Å². The Morgan fingerprint density at radius 1 is 1.21 bits per heavy atom. The third-order valence-corrected chi connectivity index (χ3v) is 5.16. The van der Waals surface area contributed by atoms with Crippen LogP contribution in [-0.4, -0.2) is 27.4 Å². The Hall–Kier alpha value is -2.80. The first kappa shape index (κ1) is 19.9. The molecule has 3 aromatic heterocycles. The van der Waals surface area contributed by atoms with Crippen LogP contribution in [0.25, 0.3) is 21.8 Å². The fourth-order valence-corrected chi connectivity index (χ4v) is 3.62. The third-order valence-electron chi connectivity index (χ3n) is 4.27. The van der Waals surface area contributed by atoms with Gasteiger partial charge in [-0.05, 0) is 30.0 Å². The minimum atomic E-state index is -0.240. The standard InChI is InChI=1S/C21H24N4O2S/c1-12(2)10-23-19(26)16-9-15(20(27)25-18(16)13(3)4)17-11-28-21(24-17)14-5-7-22-8-6-14/h5-9,11-13H,10H2,1-4H3,(H,23,26)(H,25,27). The summed E-state index contributed by atoms with van der Waals surface area (Å²) in [4.78, 5) is 36.9. The highest BCUT2D eigenvalue weighted by Gasteiger charge is 2.19. The van der Waals surface area contributed by atoms with E-state index in [2.05, 4.69) is 20.3 Å². The number of aromatic amines is 1. The molecular formula is C21H24N4O2S. The molecule has 28 heavy (non-hydrogen) atoms. The Morgan fingerprint density at radius 3 is 2.57 bits per heavy atom. The fraction of sp³-hybridized carbons (Fsp3) is 0.333. The van der Waals surface area contributed by atoms with E-state index >= 15 is 0 Å². The maximum absolute atomic E-state index is 12.7. The molecular weight excluding hydrogens is 372 g/mol. The Labute approximate surface area is 168 Å². The predicted octanol–water partition coefficient (Wildman–Crippen LogP) is 4.07. The first-order valence-electron chi connectivity index (χ1n) is 9.28. The van der Waals surface area contributed by atoms with Gasteiger partial charge in [0.15, 0.2) is 0 Å². The fourth-order valence-electron chi connectivity index (χ4n) is 2.79. The zero-order chi connectivity index (χ0) is 20.3. The van der Waals surface area contributed by atoms with Gasteiger partial charge in [-0.2, -0.15) is 0 Å². The van der Waals surface area contributed by atoms with Crippen LogP contribution in [0.15, 0.2) is 40.8 Å². The lowest BCUT2D eigenvalue weighted by atomic mass is 10.0. The molecule has 3 rings (SSSR count). The molecule has 0 saturated heterocycles. The zero-order valence-electron chi connectivity index (χ0n) is 16.4.